The third-order valence-corrected chi connectivity index (χ3v) is 3.98. The minimum absolute atomic E-state index is 0.446. The van der Waals surface area contributed by atoms with Gasteiger partial charge in [-0.2, -0.15) is 5.10 Å². The van der Waals surface area contributed by atoms with Crippen molar-refractivity contribution in [2.75, 3.05) is 0 Å². The number of ether oxygens (including phenoxy) is 1. The smallest absolute Gasteiger partial charge is 0.119 e. The Labute approximate surface area is 149 Å². The topological polar surface area (TPSA) is 39.1 Å². The lowest BCUT2D eigenvalue weighted by Crippen LogP contribution is -2.21. The van der Waals surface area contributed by atoms with Crippen molar-refractivity contribution < 1.29 is 4.74 Å². The molecule has 1 N–H and O–H groups in total. The second-order valence-electron chi connectivity index (χ2n) is 6.51. The summed E-state index contributed by atoms with van der Waals surface area (Å²) in [6.45, 7) is 5.68. The number of benzene rings is 2. The lowest BCUT2D eigenvalue weighted by atomic mass is 10.1. The molecule has 0 spiro atoms. The third kappa shape index (κ3) is 4.70. The Morgan fingerprint density at radius 1 is 1.04 bits per heavy atom. The first kappa shape index (κ1) is 17.2. The maximum atomic E-state index is 5.86. The second kappa shape index (κ2) is 7.99. The number of aromatic nitrogens is 2. The average Bonchev–Trinajstić information content (AvgIpc) is 3.00. The molecule has 1 heterocycles. The summed E-state index contributed by atoms with van der Waals surface area (Å²) in [6, 6.07) is 18.8. The predicted molar refractivity (Wildman–Crippen MR) is 101 cm³/mol. The number of nitrogens with one attached hydrogen (secondary N) is 1. The van der Waals surface area contributed by atoms with E-state index in [2.05, 4.69) is 54.7 Å². The van der Waals surface area contributed by atoms with Crippen molar-refractivity contribution in [2.45, 2.75) is 33.0 Å². The van der Waals surface area contributed by atoms with E-state index in [-0.39, 0.29) is 0 Å². The molecule has 0 fully saturated rings. The van der Waals surface area contributed by atoms with Gasteiger partial charge in [-0.15, -0.1) is 0 Å². The van der Waals surface area contributed by atoms with Crippen LogP contribution < -0.4 is 10.1 Å². The monoisotopic (exact) mass is 335 g/mol. The van der Waals surface area contributed by atoms with Gasteiger partial charge in [0.2, 0.25) is 0 Å². The Hall–Kier alpha value is -2.59. The lowest BCUT2D eigenvalue weighted by molar-refractivity contribution is 0.306. The number of rotatable bonds is 7. The average molecular weight is 335 g/mol. The van der Waals surface area contributed by atoms with Crippen LogP contribution in [0.2, 0.25) is 0 Å². The summed E-state index contributed by atoms with van der Waals surface area (Å²) in [5, 5.41) is 8.08. The normalized spacial score (nSPS) is 11.0. The highest BCUT2D eigenvalue weighted by molar-refractivity contribution is 5.63. The first-order valence-corrected chi connectivity index (χ1v) is 8.65. The van der Waals surface area contributed by atoms with E-state index in [4.69, 9.17) is 4.74 Å². The van der Waals surface area contributed by atoms with E-state index in [1.54, 1.807) is 0 Å². The van der Waals surface area contributed by atoms with E-state index in [0.717, 1.165) is 23.6 Å². The Balaban J connectivity index is 1.70. The zero-order valence-electron chi connectivity index (χ0n) is 15.1. The lowest BCUT2D eigenvalue weighted by Gasteiger charge is -2.09. The first-order chi connectivity index (χ1) is 12.1. The van der Waals surface area contributed by atoms with Crippen LogP contribution in [0, 0.1) is 0 Å². The van der Waals surface area contributed by atoms with E-state index in [1.165, 1.54) is 11.1 Å². The van der Waals surface area contributed by atoms with Crippen molar-refractivity contribution in [2.24, 2.45) is 7.05 Å². The number of hydrogen-bond acceptors (Lipinski definition) is 3. The van der Waals surface area contributed by atoms with Crippen LogP contribution in [-0.2, 0) is 20.2 Å². The Morgan fingerprint density at radius 2 is 1.76 bits per heavy atom. The van der Waals surface area contributed by atoms with E-state index >= 15 is 0 Å². The van der Waals surface area contributed by atoms with Crippen molar-refractivity contribution in [1.82, 2.24) is 15.1 Å². The molecule has 3 aromatic rings. The molecular weight excluding hydrogens is 310 g/mol. The molecule has 0 bridgehead atoms. The Kier molecular flexibility index (Phi) is 5.51. The minimum Gasteiger partial charge on any atom is -0.489 e. The van der Waals surface area contributed by atoms with Gasteiger partial charge in [-0.05, 0) is 29.8 Å². The Bertz CT molecular complexity index is 792. The van der Waals surface area contributed by atoms with Crippen LogP contribution in [0.15, 0.2) is 60.8 Å². The summed E-state index contributed by atoms with van der Waals surface area (Å²) < 4.78 is 7.73. The van der Waals surface area contributed by atoms with E-state index in [9.17, 15) is 0 Å². The standard InChI is InChI=1S/C21H25N3O/c1-16(2)22-13-19-14-24(3)23-21(19)18-9-11-20(12-10-18)25-15-17-7-5-4-6-8-17/h4-12,14,16,22H,13,15H2,1-3H3. The molecule has 2 aromatic carbocycles. The maximum Gasteiger partial charge on any atom is 0.119 e. The highest BCUT2D eigenvalue weighted by Gasteiger charge is 2.10. The van der Waals surface area contributed by atoms with Gasteiger partial charge in [0, 0.05) is 37.0 Å². The second-order valence-corrected chi connectivity index (χ2v) is 6.51. The predicted octanol–water partition coefficient (Wildman–Crippen LogP) is 4.16. The van der Waals surface area contributed by atoms with Crippen LogP contribution >= 0.6 is 0 Å². The molecule has 0 aliphatic heterocycles. The van der Waals surface area contributed by atoms with Gasteiger partial charge in [0.15, 0.2) is 0 Å². The Morgan fingerprint density at radius 3 is 2.44 bits per heavy atom. The van der Waals surface area contributed by atoms with E-state index in [0.29, 0.717) is 12.6 Å². The van der Waals surface area contributed by atoms with Crippen LogP contribution in [0.3, 0.4) is 0 Å². The molecule has 0 radical (unpaired) electrons. The van der Waals surface area contributed by atoms with Crippen molar-refractivity contribution in [3.05, 3.63) is 71.9 Å². The van der Waals surface area contributed by atoms with Gasteiger partial charge >= 0.3 is 0 Å². The summed E-state index contributed by atoms with van der Waals surface area (Å²) in [5.41, 5.74) is 4.49. The SMILES string of the molecule is CC(C)NCc1cn(C)nc1-c1ccc(OCc2ccccc2)cc1. The van der Waals surface area contributed by atoms with E-state index in [1.807, 2.05) is 42.1 Å². The molecule has 4 nitrogen and oxygen atoms in total. The third-order valence-electron chi connectivity index (χ3n) is 3.98. The molecule has 25 heavy (non-hydrogen) atoms. The summed E-state index contributed by atoms with van der Waals surface area (Å²) in [6.07, 6.45) is 2.07. The van der Waals surface area contributed by atoms with Gasteiger partial charge in [-0.3, -0.25) is 4.68 Å². The van der Waals surface area contributed by atoms with Crippen LogP contribution in [-0.4, -0.2) is 15.8 Å². The summed E-state index contributed by atoms with van der Waals surface area (Å²) in [5.74, 6) is 0.866. The molecule has 0 saturated heterocycles. The molecule has 0 aliphatic carbocycles. The zero-order valence-corrected chi connectivity index (χ0v) is 15.1. The number of nitrogens with zero attached hydrogens (tertiary/aromatic N) is 2. The largest absolute Gasteiger partial charge is 0.489 e. The van der Waals surface area contributed by atoms with Gasteiger partial charge in [0.1, 0.15) is 12.4 Å². The highest BCUT2D eigenvalue weighted by Crippen LogP contribution is 2.25. The quantitative estimate of drug-likeness (QED) is 0.704. The molecular formula is C21H25N3O. The van der Waals surface area contributed by atoms with Gasteiger partial charge in [0.05, 0.1) is 5.69 Å². The molecule has 0 amide bonds. The molecule has 0 aliphatic rings. The van der Waals surface area contributed by atoms with Crippen LogP contribution in [0.4, 0.5) is 0 Å². The minimum atomic E-state index is 0.446. The zero-order chi connectivity index (χ0) is 17.6. The molecule has 0 saturated carbocycles. The number of aryl methyl sites for hydroxylation is 1. The van der Waals surface area contributed by atoms with Crippen molar-refractivity contribution in [3.63, 3.8) is 0 Å². The molecule has 130 valence electrons. The summed E-state index contributed by atoms with van der Waals surface area (Å²) >= 11 is 0. The molecule has 1 aromatic heterocycles. The summed E-state index contributed by atoms with van der Waals surface area (Å²) in [7, 11) is 1.96. The van der Waals surface area contributed by atoms with Crippen molar-refractivity contribution in [3.8, 4) is 17.0 Å². The van der Waals surface area contributed by atoms with Gasteiger partial charge in [0.25, 0.3) is 0 Å². The molecule has 4 heteroatoms. The number of hydrogen-bond donors (Lipinski definition) is 1. The van der Waals surface area contributed by atoms with Gasteiger partial charge in [-0.1, -0.05) is 44.2 Å². The van der Waals surface area contributed by atoms with Crippen molar-refractivity contribution >= 4 is 0 Å². The molecule has 0 atom stereocenters. The van der Waals surface area contributed by atoms with E-state index < -0.39 is 0 Å². The van der Waals surface area contributed by atoms with Crippen LogP contribution in [0.5, 0.6) is 5.75 Å². The maximum absolute atomic E-state index is 5.86. The highest BCUT2D eigenvalue weighted by atomic mass is 16.5. The molecule has 3 rings (SSSR count). The molecule has 0 unspecified atom stereocenters. The first-order valence-electron chi connectivity index (χ1n) is 8.65. The fourth-order valence-corrected chi connectivity index (χ4v) is 2.67. The fourth-order valence-electron chi connectivity index (χ4n) is 2.67. The van der Waals surface area contributed by atoms with Crippen molar-refractivity contribution in [1.29, 1.82) is 0 Å². The van der Waals surface area contributed by atoms with Crippen LogP contribution in [0.1, 0.15) is 25.0 Å². The fraction of sp³-hybridized carbons (Fsp3) is 0.286. The van der Waals surface area contributed by atoms with Gasteiger partial charge in [-0.25, -0.2) is 0 Å². The van der Waals surface area contributed by atoms with Gasteiger partial charge < -0.3 is 10.1 Å². The summed E-state index contributed by atoms with van der Waals surface area (Å²) in [4.78, 5) is 0. The van der Waals surface area contributed by atoms with Crippen LogP contribution in [0.25, 0.3) is 11.3 Å².